The summed E-state index contributed by atoms with van der Waals surface area (Å²) >= 11 is 0. The first kappa shape index (κ1) is 11.7. The number of rotatable bonds is 5. The molecule has 2 aliphatic rings. The molecule has 92 valence electrons. The van der Waals surface area contributed by atoms with E-state index in [1.807, 2.05) is 0 Å². The van der Waals surface area contributed by atoms with Crippen LogP contribution in [0.5, 0.6) is 0 Å². The molecule has 2 saturated carbocycles. The quantitative estimate of drug-likeness (QED) is 0.741. The van der Waals surface area contributed by atoms with Gasteiger partial charge in [-0.25, -0.2) is 4.79 Å². The first-order valence-corrected chi connectivity index (χ1v) is 6.50. The molecular formula is C12H23N3O. The Morgan fingerprint density at radius 1 is 1.25 bits per heavy atom. The maximum atomic E-state index is 11.5. The predicted molar refractivity (Wildman–Crippen MR) is 64.4 cm³/mol. The molecule has 0 radical (unpaired) electrons. The van der Waals surface area contributed by atoms with Crippen molar-refractivity contribution < 1.29 is 4.79 Å². The largest absolute Gasteiger partial charge is 0.337 e. The van der Waals surface area contributed by atoms with Gasteiger partial charge in [0, 0.05) is 25.2 Å². The van der Waals surface area contributed by atoms with E-state index >= 15 is 0 Å². The Bertz CT molecular complexity index is 234. The zero-order valence-electron chi connectivity index (χ0n) is 10.2. The number of nitrogens with one attached hydrogen (secondary N) is 2. The first-order chi connectivity index (χ1) is 7.75. The second kappa shape index (κ2) is 5.53. The maximum Gasteiger partial charge on any atom is 0.315 e. The van der Waals surface area contributed by atoms with Gasteiger partial charge in [-0.1, -0.05) is 12.8 Å². The van der Waals surface area contributed by atoms with Crippen LogP contribution in [-0.4, -0.2) is 43.2 Å². The lowest BCUT2D eigenvalue weighted by molar-refractivity contribution is 0.234. The van der Waals surface area contributed by atoms with Crippen LogP contribution in [0.4, 0.5) is 4.79 Å². The second-order valence-corrected chi connectivity index (χ2v) is 5.09. The van der Waals surface area contributed by atoms with E-state index in [1.165, 1.54) is 25.7 Å². The standard InChI is InChI=1S/C12H23N3O/c1-15(11-6-7-11)9-8-13-12(16)14-10-4-2-3-5-10/h10-11H,2-9H2,1H3,(H2,13,14,16). The van der Waals surface area contributed by atoms with Gasteiger partial charge in [0.05, 0.1) is 0 Å². The summed E-state index contributed by atoms with van der Waals surface area (Å²) in [7, 11) is 2.13. The van der Waals surface area contributed by atoms with Crippen LogP contribution in [0.2, 0.25) is 0 Å². The summed E-state index contributed by atoms with van der Waals surface area (Å²) in [6.07, 6.45) is 7.46. The normalized spacial score (nSPS) is 21.4. The molecule has 0 spiro atoms. The van der Waals surface area contributed by atoms with Crippen LogP contribution in [-0.2, 0) is 0 Å². The smallest absolute Gasteiger partial charge is 0.315 e. The minimum Gasteiger partial charge on any atom is -0.337 e. The Hall–Kier alpha value is -0.770. The van der Waals surface area contributed by atoms with Crippen molar-refractivity contribution in [1.82, 2.24) is 15.5 Å². The molecule has 0 saturated heterocycles. The molecule has 2 fully saturated rings. The molecule has 16 heavy (non-hydrogen) atoms. The molecule has 2 N–H and O–H groups in total. The molecule has 0 aromatic carbocycles. The summed E-state index contributed by atoms with van der Waals surface area (Å²) in [6.45, 7) is 1.72. The van der Waals surface area contributed by atoms with Gasteiger partial charge in [0.2, 0.25) is 0 Å². The Morgan fingerprint density at radius 3 is 2.56 bits per heavy atom. The molecule has 2 rings (SSSR count). The summed E-state index contributed by atoms with van der Waals surface area (Å²) in [5.41, 5.74) is 0. The Kier molecular flexibility index (Phi) is 4.04. The van der Waals surface area contributed by atoms with Crippen LogP contribution in [0, 0.1) is 0 Å². The van der Waals surface area contributed by atoms with Crippen molar-refractivity contribution in [3.8, 4) is 0 Å². The topological polar surface area (TPSA) is 44.4 Å². The third-order valence-corrected chi connectivity index (χ3v) is 3.61. The lowest BCUT2D eigenvalue weighted by atomic mass is 10.2. The molecule has 0 atom stereocenters. The van der Waals surface area contributed by atoms with E-state index in [4.69, 9.17) is 0 Å². The molecule has 0 heterocycles. The number of likely N-dealkylation sites (N-methyl/N-ethyl adjacent to an activating group) is 1. The minimum atomic E-state index is 0.0103. The summed E-state index contributed by atoms with van der Waals surface area (Å²) in [6, 6.07) is 1.21. The molecule has 0 unspecified atom stereocenters. The van der Waals surface area contributed by atoms with E-state index < -0.39 is 0 Å². The predicted octanol–water partition coefficient (Wildman–Crippen LogP) is 1.32. The van der Waals surface area contributed by atoms with E-state index in [0.717, 1.165) is 32.0 Å². The van der Waals surface area contributed by atoms with Gasteiger partial charge in [-0.15, -0.1) is 0 Å². The lowest BCUT2D eigenvalue weighted by Gasteiger charge is -2.17. The van der Waals surface area contributed by atoms with Crippen LogP contribution in [0.25, 0.3) is 0 Å². The van der Waals surface area contributed by atoms with Gasteiger partial charge in [-0.2, -0.15) is 0 Å². The third kappa shape index (κ3) is 3.67. The van der Waals surface area contributed by atoms with Gasteiger partial charge < -0.3 is 15.5 Å². The number of carbonyl (C=O) groups is 1. The molecule has 0 aromatic rings. The third-order valence-electron chi connectivity index (χ3n) is 3.61. The summed E-state index contributed by atoms with van der Waals surface area (Å²) < 4.78 is 0. The van der Waals surface area contributed by atoms with Crippen molar-refractivity contribution >= 4 is 6.03 Å². The highest BCUT2D eigenvalue weighted by atomic mass is 16.2. The van der Waals surface area contributed by atoms with E-state index in [2.05, 4.69) is 22.6 Å². The first-order valence-electron chi connectivity index (χ1n) is 6.50. The fourth-order valence-corrected chi connectivity index (χ4v) is 2.35. The zero-order chi connectivity index (χ0) is 11.4. The van der Waals surface area contributed by atoms with Gasteiger partial charge in [0.1, 0.15) is 0 Å². The number of amides is 2. The number of hydrogen-bond donors (Lipinski definition) is 2. The number of hydrogen-bond acceptors (Lipinski definition) is 2. The minimum absolute atomic E-state index is 0.0103. The van der Waals surface area contributed by atoms with Crippen LogP contribution in [0.3, 0.4) is 0 Å². The molecule has 2 aliphatic carbocycles. The Balaban J connectivity index is 1.52. The van der Waals surface area contributed by atoms with Crippen LogP contribution < -0.4 is 10.6 Å². The molecule has 2 amide bonds. The molecule has 0 bridgehead atoms. The van der Waals surface area contributed by atoms with Gasteiger partial charge in [-0.3, -0.25) is 0 Å². The average Bonchev–Trinajstić information content (AvgIpc) is 2.99. The second-order valence-electron chi connectivity index (χ2n) is 5.09. The molecule has 4 heteroatoms. The molecule has 0 aromatic heterocycles. The van der Waals surface area contributed by atoms with E-state index in [1.54, 1.807) is 0 Å². The van der Waals surface area contributed by atoms with Crippen LogP contribution in [0.1, 0.15) is 38.5 Å². The van der Waals surface area contributed by atoms with Crippen molar-refractivity contribution in [2.24, 2.45) is 0 Å². The van der Waals surface area contributed by atoms with Crippen LogP contribution >= 0.6 is 0 Å². The van der Waals surface area contributed by atoms with Gasteiger partial charge in [-0.05, 0) is 32.7 Å². The van der Waals surface area contributed by atoms with Gasteiger partial charge >= 0.3 is 6.03 Å². The van der Waals surface area contributed by atoms with Crippen molar-refractivity contribution in [1.29, 1.82) is 0 Å². The number of nitrogens with zero attached hydrogens (tertiary/aromatic N) is 1. The fourth-order valence-electron chi connectivity index (χ4n) is 2.35. The van der Waals surface area contributed by atoms with Crippen molar-refractivity contribution in [3.05, 3.63) is 0 Å². The molecular weight excluding hydrogens is 202 g/mol. The van der Waals surface area contributed by atoms with Crippen LogP contribution in [0.15, 0.2) is 0 Å². The fraction of sp³-hybridized carbons (Fsp3) is 0.917. The maximum absolute atomic E-state index is 11.5. The summed E-state index contributed by atoms with van der Waals surface area (Å²) in [5.74, 6) is 0. The molecule has 4 nitrogen and oxygen atoms in total. The SMILES string of the molecule is CN(CCNC(=O)NC1CCCC1)C1CC1. The summed E-state index contributed by atoms with van der Waals surface area (Å²) in [4.78, 5) is 13.9. The highest BCUT2D eigenvalue weighted by molar-refractivity contribution is 5.74. The number of carbonyl (C=O) groups excluding carboxylic acids is 1. The van der Waals surface area contributed by atoms with E-state index in [-0.39, 0.29) is 6.03 Å². The monoisotopic (exact) mass is 225 g/mol. The highest BCUT2D eigenvalue weighted by Gasteiger charge is 2.25. The summed E-state index contributed by atoms with van der Waals surface area (Å²) in [5, 5.41) is 5.96. The Morgan fingerprint density at radius 2 is 1.94 bits per heavy atom. The number of urea groups is 1. The molecule has 0 aliphatic heterocycles. The zero-order valence-corrected chi connectivity index (χ0v) is 10.2. The van der Waals surface area contributed by atoms with Crippen molar-refractivity contribution in [2.45, 2.75) is 50.6 Å². The average molecular weight is 225 g/mol. The van der Waals surface area contributed by atoms with Gasteiger partial charge in [0.25, 0.3) is 0 Å². The Labute approximate surface area is 97.8 Å². The van der Waals surface area contributed by atoms with E-state index in [9.17, 15) is 4.79 Å². The van der Waals surface area contributed by atoms with Gasteiger partial charge in [0.15, 0.2) is 0 Å². The van der Waals surface area contributed by atoms with Crippen molar-refractivity contribution in [2.75, 3.05) is 20.1 Å². The van der Waals surface area contributed by atoms with E-state index in [0.29, 0.717) is 6.04 Å². The highest BCUT2D eigenvalue weighted by Crippen LogP contribution is 2.24. The lowest BCUT2D eigenvalue weighted by Crippen LogP contribution is -2.43. The van der Waals surface area contributed by atoms with Crippen molar-refractivity contribution in [3.63, 3.8) is 0 Å².